The zero-order valence-corrected chi connectivity index (χ0v) is 14.8. The van der Waals surface area contributed by atoms with Gasteiger partial charge in [-0.05, 0) is 19.4 Å². The van der Waals surface area contributed by atoms with Gasteiger partial charge in [0.15, 0.2) is 4.90 Å². The summed E-state index contributed by atoms with van der Waals surface area (Å²) >= 11 is 0. The zero-order chi connectivity index (χ0) is 17.9. The molecule has 1 fully saturated rings. The van der Waals surface area contributed by atoms with Crippen molar-refractivity contribution in [3.63, 3.8) is 0 Å². The van der Waals surface area contributed by atoms with Gasteiger partial charge in [0.25, 0.3) is 5.56 Å². The van der Waals surface area contributed by atoms with Crippen LogP contribution in [0.3, 0.4) is 0 Å². The van der Waals surface area contributed by atoms with Gasteiger partial charge in [0, 0.05) is 39.4 Å². The molecule has 0 radical (unpaired) electrons. The first kappa shape index (κ1) is 18.8. The standard InChI is InChI=1S/C14H24N4O5S/c1-16-9-12(13(20)17(2)14(16)21)24(22,23)15-6-8-18-7-4-3-5-11(18)10-19/h9,11,15,19H,3-8,10H2,1-2H3/t11-/m1/s1. The average molecular weight is 360 g/mol. The Morgan fingerprint density at radius 1 is 1.29 bits per heavy atom. The van der Waals surface area contributed by atoms with Gasteiger partial charge < -0.3 is 9.67 Å². The second kappa shape index (κ2) is 7.60. The van der Waals surface area contributed by atoms with Crippen LogP contribution in [-0.4, -0.2) is 59.8 Å². The van der Waals surface area contributed by atoms with E-state index < -0.39 is 26.2 Å². The Balaban J connectivity index is 2.10. The minimum absolute atomic E-state index is 0.0497. The number of nitrogens with zero attached hydrogens (tertiary/aromatic N) is 3. The van der Waals surface area contributed by atoms with E-state index >= 15 is 0 Å². The number of hydrogen-bond acceptors (Lipinski definition) is 6. The Bertz CT molecular complexity index is 798. The highest BCUT2D eigenvalue weighted by atomic mass is 32.2. The summed E-state index contributed by atoms with van der Waals surface area (Å²) in [6.07, 6.45) is 4.00. The first-order valence-corrected chi connectivity index (χ1v) is 9.37. The number of aromatic nitrogens is 2. The van der Waals surface area contributed by atoms with Gasteiger partial charge >= 0.3 is 5.69 Å². The van der Waals surface area contributed by atoms with Crippen LogP contribution in [0, 0.1) is 0 Å². The van der Waals surface area contributed by atoms with E-state index in [2.05, 4.69) is 4.72 Å². The van der Waals surface area contributed by atoms with E-state index in [1.807, 2.05) is 4.90 Å². The number of nitrogens with one attached hydrogen (secondary N) is 1. The van der Waals surface area contributed by atoms with Crippen LogP contribution < -0.4 is 16.0 Å². The van der Waals surface area contributed by atoms with Gasteiger partial charge in [0.2, 0.25) is 10.0 Å². The second-order valence-electron chi connectivity index (χ2n) is 6.02. The lowest BCUT2D eigenvalue weighted by Crippen LogP contribution is -2.46. The van der Waals surface area contributed by atoms with Gasteiger partial charge in [-0.2, -0.15) is 0 Å². The molecule has 10 heteroatoms. The van der Waals surface area contributed by atoms with Crippen molar-refractivity contribution >= 4 is 10.0 Å². The van der Waals surface area contributed by atoms with Crippen molar-refractivity contribution in [3.8, 4) is 0 Å². The summed E-state index contributed by atoms with van der Waals surface area (Å²) in [6.45, 7) is 1.45. The van der Waals surface area contributed by atoms with Gasteiger partial charge in [-0.25, -0.2) is 17.9 Å². The summed E-state index contributed by atoms with van der Waals surface area (Å²) in [7, 11) is -1.38. The molecule has 0 bridgehead atoms. The van der Waals surface area contributed by atoms with Crippen LogP contribution >= 0.6 is 0 Å². The van der Waals surface area contributed by atoms with Crippen LogP contribution in [0.2, 0.25) is 0 Å². The lowest BCUT2D eigenvalue weighted by Gasteiger charge is -2.34. The van der Waals surface area contributed by atoms with Crippen molar-refractivity contribution in [2.75, 3.05) is 26.2 Å². The maximum Gasteiger partial charge on any atom is 0.330 e. The maximum atomic E-state index is 12.4. The molecule has 0 spiro atoms. The average Bonchev–Trinajstić information content (AvgIpc) is 2.56. The Kier molecular flexibility index (Phi) is 5.97. The number of aliphatic hydroxyl groups excluding tert-OH is 1. The molecule has 2 rings (SSSR count). The van der Waals surface area contributed by atoms with E-state index in [0.29, 0.717) is 6.54 Å². The van der Waals surface area contributed by atoms with Crippen LogP contribution in [0.4, 0.5) is 0 Å². The van der Waals surface area contributed by atoms with Crippen molar-refractivity contribution in [1.82, 2.24) is 18.8 Å². The van der Waals surface area contributed by atoms with Crippen LogP contribution in [-0.2, 0) is 24.1 Å². The number of aliphatic hydroxyl groups is 1. The smallest absolute Gasteiger partial charge is 0.330 e. The molecule has 1 aromatic heterocycles. The van der Waals surface area contributed by atoms with Gasteiger partial charge in [-0.1, -0.05) is 6.42 Å². The van der Waals surface area contributed by atoms with E-state index in [-0.39, 0.29) is 19.2 Å². The molecule has 0 aromatic carbocycles. The molecule has 0 unspecified atom stereocenters. The summed E-state index contributed by atoms with van der Waals surface area (Å²) in [4.78, 5) is 25.3. The lowest BCUT2D eigenvalue weighted by molar-refractivity contribution is 0.0923. The molecule has 9 nitrogen and oxygen atoms in total. The highest BCUT2D eigenvalue weighted by Gasteiger charge is 2.24. The molecule has 1 aromatic rings. The first-order valence-electron chi connectivity index (χ1n) is 7.89. The highest BCUT2D eigenvalue weighted by molar-refractivity contribution is 7.89. The normalized spacial score (nSPS) is 19.5. The molecular formula is C14H24N4O5S. The topological polar surface area (TPSA) is 114 Å². The third kappa shape index (κ3) is 3.94. The van der Waals surface area contributed by atoms with Crippen LogP contribution in [0.15, 0.2) is 20.7 Å². The molecule has 24 heavy (non-hydrogen) atoms. The van der Waals surface area contributed by atoms with E-state index in [9.17, 15) is 23.1 Å². The van der Waals surface area contributed by atoms with E-state index in [4.69, 9.17) is 0 Å². The summed E-state index contributed by atoms with van der Waals surface area (Å²) in [5.41, 5.74) is -1.44. The number of rotatable bonds is 6. The molecule has 0 saturated carbocycles. The Hall–Kier alpha value is -1.49. The first-order chi connectivity index (χ1) is 11.3. The Morgan fingerprint density at radius 2 is 2.00 bits per heavy atom. The third-order valence-electron chi connectivity index (χ3n) is 4.36. The number of sulfonamides is 1. The van der Waals surface area contributed by atoms with Crippen LogP contribution in [0.25, 0.3) is 0 Å². The van der Waals surface area contributed by atoms with Crippen molar-refractivity contribution in [2.45, 2.75) is 30.2 Å². The van der Waals surface area contributed by atoms with Crippen molar-refractivity contribution in [1.29, 1.82) is 0 Å². The van der Waals surface area contributed by atoms with Gasteiger partial charge in [-0.15, -0.1) is 0 Å². The summed E-state index contributed by atoms with van der Waals surface area (Å²) in [5, 5.41) is 9.37. The molecule has 136 valence electrons. The van der Waals surface area contributed by atoms with Crippen molar-refractivity contribution < 1.29 is 13.5 Å². The summed E-state index contributed by atoms with van der Waals surface area (Å²) in [6, 6.07) is 0.0497. The maximum absolute atomic E-state index is 12.4. The molecule has 1 aliphatic rings. The number of hydrogen-bond donors (Lipinski definition) is 2. The Labute approximate surface area is 140 Å². The summed E-state index contributed by atoms with van der Waals surface area (Å²) in [5.74, 6) is 0. The fraction of sp³-hybridized carbons (Fsp3) is 0.714. The van der Waals surface area contributed by atoms with E-state index in [1.54, 1.807) is 0 Å². The third-order valence-corrected chi connectivity index (χ3v) is 5.80. The number of likely N-dealkylation sites (tertiary alicyclic amines) is 1. The molecule has 1 atom stereocenters. The molecule has 0 aliphatic carbocycles. The fourth-order valence-corrected chi connectivity index (χ4v) is 4.10. The number of piperidine rings is 1. The predicted octanol–water partition coefficient (Wildman–Crippen LogP) is -1.79. The SMILES string of the molecule is Cn1cc(S(=O)(=O)NCCN2CCCC[C@@H]2CO)c(=O)n(C)c1=O. The van der Waals surface area contributed by atoms with Crippen LogP contribution in [0.1, 0.15) is 19.3 Å². The minimum Gasteiger partial charge on any atom is -0.395 e. The molecular weight excluding hydrogens is 336 g/mol. The highest BCUT2D eigenvalue weighted by Crippen LogP contribution is 2.15. The van der Waals surface area contributed by atoms with Gasteiger partial charge in [0.05, 0.1) is 6.61 Å². The summed E-state index contributed by atoms with van der Waals surface area (Å²) < 4.78 is 28.9. The predicted molar refractivity (Wildman–Crippen MR) is 88.4 cm³/mol. The Morgan fingerprint density at radius 3 is 2.67 bits per heavy atom. The number of aryl methyl sites for hydroxylation is 1. The second-order valence-corrected chi connectivity index (χ2v) is 7.75. The minimum atomic E-state index is -4.01. The molecule has 1 aliphatic heterocycles. The van der Waals surface area contributed by atoms with Crippen molar-refractivity contribution in [2.24, 2.45) is 14.1 Å². The molecule has 1 saturated heterocycles. The largest absolute Gasteiger partial charge is 0.395 e. The zero-order valence-electron chi connectivity index (χ0n) is 13.9. The van der Waals surface area contributed by atoms with Gasteiger partial charge in [-0.3, -0.25) is 14.3 Å². The van der Waals surface area contributed by atoms with Crippen LogP contribution in [0.5, 0.6) is 0 Å². The van der Waals surface area contributed by atoms with E-state index in [1.165, 1.54) is 14.1 Å². The quantitative estimate of drug-likeness (QED) is 0.619. The molecule has 0 amide bonds. The lowest BCUT2D eigenvalue weighted by atomic mass is 10.0. The molecule has 2 heterocycles. The molecule has 2 N–H and O–H groups in total. The fourth-order valence-electron chi connectivity index (χ4n) is 2.92. The van der Waals surface area contributed by atoms with E-state index in [0.717, 1.165) is 41.1 Å². The monoisotopic (exact) mass is 360 g/mol. The van der Waals surface area contributed by atoms with Gasteiger partial charge in [0.1, 0.15) is 0 Å². The van der Waals surface area contributed by atoms with Crippen molar-refractivity contribution in [3.05, 3.63) is 27.0 Å².